The van der Waals surface area contributed by atoms with Crippen molar-refractivity contribution in [3.8, 4) is 10.7 Å². The molecule has 0 radical (unpaired) electrons. The summed E-state index contributed by atoms with van der Waals surface area (Å²) in [6, 6.07) is 9.45. The van der Waals surface area contributed by atoms with Gasteiger partial charge in [-0.15, -0.1) is 11.3 Å². The van der Waals surface area contributed by atoms with Crippen molar-refractivity contribution in [2.45, 2.75) is 25.4 Å². The molecule has 1 N–H and O–H groups in total. The Kier molecular flexibility index (Phi) is 5.71. The van der Waals surface area contributed by atoms with Crippen LogP contribution >= 0.6 is 23.6 Å². The van der Waals surface area contributed by atoms with Crippen LogP contribution in [0.15, 0.2) is 40.6 Å². The molecule has 29 heavy (non-hydrogen) atoms. The second kappa shape index (κ2) is 8.11. The summed E-state index contributed by atoms with van der Waals surface area (Å²) in [4.78, 5) is 8.05. The molecule has 0 saturated carbocycles. The monoisotopic (exact) mass is 449 g/mol. The average molecular weight is 450 g/mol. The molecule has 0 bridgehead atoms. The van der Waals surface area contributed by atoms with Crippen LogP contribution in [0.2, 0.25) is 0 Å². The van der Waals surface area contributed by atoms with Crippen LogP contribution in [0.25, 0.3) is 10.7 Å². The summed E-state index contributed by atoms with van der Waals surface area (Å²) in [6.45, 7) is 6.56. The predicted molar refractivity (Wildman–Crippen MR) is 117 cm³/mol. The fraction of sp³-hybridized carbons (Fsp3) is 0.368. The molecule has 4 rings (SSSR count). The highest BCUT2D eigenvalue weighted by atomic mass is 32.2. The zero-order valence-corrected chi connectivity index (χ0v) is 18.8. The van der Waals surface area contributed by atoms with Gasteiger partial charge in [-0.3, -0.25) is 10.00 Å². The number of H-pyrrole nitrogens is 1. The molecular formula is C19H23N5O2S3. The zero-order valence-electron chi connectivity index (χ0n) is 16.3. The molecule has 7 nitrogen and oxygen atoms in total. The number of nitrogens with zero attached hydrogens (tertiary/aromatic N) is 4. The highest BCUT2D eigenvalue weighted by Crippen LogP contribution is 2.23. The Morgan fingerprint density at radius 2 is 1.93 bits per heavy atom. The molecule has 0 spiro atoms. The van der Waals surface area contributed by atoms with Crippen molar-refractivity contribution in [2.75, 3.05) is 26.2 Å². The van der Waals surface area contributed by atoms with Crippen LogP contribution in [0.3, 0.4) is 0 Å². The van der Waals surface area contributed by atoms with Gasteiger partial charge in [-0.25, -0.2) is 13.1 Å². The maximum absolute atomic E-state index is 13.0. The van der Waals surface area contributed by atoms with E-state index in [4.69, 9.17) is 12.2 Å². The Hall–Kier alpha value is -1.85. The lowest BCUT2D eigenvalue weighted by Gasteiger charge is -2.34. The van der Waals surface area contributed by atoms with Gasteiger partial charge >= 0.3 is 0 Å². The number of rotatable bonds is 5. The summed E-state index contributed by atoms with van der Waals surface area (Å²) in [5, 5.41) is 5.25. The van der Waals surface area contributed by atoms with E-state index in [1.54, 1.807) is 21.7 Å². The first-order valence-corrected chi connectivity index (χ1v) is 12.1. The summed E-state index contributed by atoms with van der Waals surface area (Å²) in [5.74, 6) is 0.765. The molecule has 2 aromatic heterocycles. The quantitative estimate of drug-likeness (QED) is 0.605. The van der Waals surface area contributed by atoms with Gasteiger partial charge in [0.2, 0.25) is 14.8 Å². The number of aryl methyl sites for hydroxylation is 2. The van der Waals surface area contributed by atoms with Crippen LogP contribution in [-0.4, -0.2) is 58.6 Å². The number of hydrogen-bond donors (Lipinski definition) is 1. The Balaban J connectivity index is 1.43. The van der Waals surface area contributed by atoms with Crippen molar-refractivity contribution in [1.29, 1.82) is 0 Å². The summed E-state index contributed by atoms with van der Waals surface area (Å²) in [6.07, 6.45) is 0. The minimum Gasteiger partial charge on any atom is -0.282 e. The summed E-state index contributed by atoms with van der Waals surface area (Å²) < 4.78 is 30.0. The van der Waals surface area contributed by atoms with E-state index in [9.17, 15) is 8.42 Å². The molecule has 1 aromatic carbocycles. The number of nitrogens with one attached hydrogen (secondary N) is 1. The largest absolute Gasteiger partial charge is 0.282 e. The molecule has 10 heteroatoms. The smallest absolute Gasteiger partial charge is 0.243 e. The van der Waals surface area contributed by atoms with Crippen molar-refractivity contribution < 1.29 is 8.42 Å². The number of benzene rings is 1. The highest BCUT2D eigenvalue weighted by Gasteiger charge is 2.29. The molecular weight excluding hydrogens is 426 g/mol. The summed E-state index contributed by atoms with van der Waals surface area (Å²) in [7, 11) is -3.48. The van der Waals surface area contributed by atoms with Gasteiger partial charge in [0.15, 0.2) is 5.82 Å². The lowest BCUT2D eigenvalue weighted by atomic mass is 10.2. The molecule has 1 fully saturated rings. The van der Waals surface area contributed by atoms with Crippen molar-refractivity contribution in [1.82, 2.24) is 24.0 Å². The fourth-order valence-electron chi connectivity index (χ4n) is 3.52. The fourth-order valence-corrected chi connectivity index (χ4v) is 6.00. The molecule has 0 unspecified atom stereocenters. The van der Waals surface area contributed by atoms with Gasteiger partial charge < -0.3 is 0 Å². The molecule has 1 aliphatic heterocycles. The minimum atomic E-state index is -3.48. The van der Waals surface area contributed by atoms with E-state index < -0.39 is 10.0 Å². The Morgan fingerprint density at radius 1 is 1.17 bits per heavy atom. The van der Waals surface area contributed by atoms with Gasteiger partial charge in [-0.05, 0) is 49.1 Å². The molecule has 1 aliphatic rings. The molecule has 3 heterocycles. The average Bonchev–Trinajstić information content (AvgIpc) is 3.32. The first-order chi connectivity index (χ1) is 13.8. The van der Waals surface area contributed by atoms with Gasteiger partial charge in [0.25, 0.3) is 0 Å². The number of aromatic nitrogens is 3. The lowest BCUT2D eigenvalue weighted by molar-refractivity contribution is 0.145. The third-order valence-electron chi connectivity index (χ3n) is 5.05. The minimum absolute atomic E-state index is 0.396. The molecule has 1 saturated heterocycles. The summed E-state index contributed by atoms with van der Waals surface area (Å²) in [5.41, 5.74) is 1.85. The molecule has 0 atom stereocenters. The predicted octanol–water partition coefficient (Wildman–Crippen LogP) is 3.25. The van der Waals surface area contributed by atoms with Crippen molar-refractivity contribution in [3.05, 3.63) is 51.6 Å². The van der Waals surface area contributed by atoms with Crippen molar-refractivity contribution in [2.24, 2.45) is 0 Å². The van der Waals surface area contributed by atoms with E-state index in [0.717, 1.165) is 21.8 Å². The van der Waals surface area contributed by atoms with Gasteiger partial charge in [0.05, 0.1) is 16.4 Å². The number of piperazine rings is 1. The third-order valence-corrected chi connectivity index (χ3v) is 8.30. The van der Waals surface area contributed by atoms with E-state index in [2.05, 4.69) is 15.0 Å². The van der Waals surface area contributed by atoms with Crippen LogP contribution in [0, 0.1) is 18.6 Å². The number of sulfonamides is 1. The number of thiophene rings is 1. The highest BCUT2D eigenvalue weighted by molar-refractivity contribution is 7.89. The van der Waals surface area contributed by atoms with Crippen LogP contribution in [-0.2, 0) is 16.7 Å². The van der Waals surface area contributed by atoms with E-state index in [1.807, 2.05) is 48.2 Å². The topological polar surface area (TPSA) is 74.2 Å². The molecule has 0 amide bonds. The second-order valence-corrected chi connectivity index (χ2v) is 10.4. The van der Waals surface area contributed by atoms with E-state index in [1.165, 1.54) is 0 Å². The standard InChI is InChI=1S/C19H23N5O2S3/c1-14-5-6-17(15(2)12-14)29(25,26)23-9-7-22(8-10-23)13-24-19(27)20-18(21-24)16-4-3-11-28-16/h3-6,11-12H,7-10,13H2,1-2H3,(H,20,21,27). The normalized spacial score (nSPS) is 16.3. The van der Waals surface area contributed by atoms with Crippen molar-refractivity contribution in [3.63, 3.8) is 0 Å². The van der Waals surface area contributed by atoms with Crippen LogP contribution in [0.5, 0.6) is 0 Å². The van der Waals surface area contributed by atoms with Crippen LogP contribution in [0.4, 0.5) is 0 Å². The SMILES string of the molecule is Cc1ccc(S(=O)(=O)N2CCN(Cn3[nH]c(-c4cccs4)nc3=S)CC2)c(C)c1. The molecule has 154 valence electrons. The summed E-state index contributed by atoms with van der Waals surface area (Å²) >= 11 is 6.99. The molecule has 3 aromatic rings. The first kappa shape index (κ1) is 20.4. The lowest BCUT2D eigenvalue weighted by Crippen LogP contribution is -2.49. The Labute approximate surface area is 179 Å². The molecule has 0 aliphatic carbocycles. The maximum atomic E-state index is 13.0. The first-order valence-electron chi connectivity index (χ1n) is 9.35. The maximum Gasteiger partial charge on any atom is 0.243 e. The second-order valence-electron chi connectivity index (χ2n) is 7.19. The van der Waals surface area contributed by atoms with Gasteiger partial charge in [0, 0.05) is 26.2 Å². The van der Waals surface area contributed by atoms with Gasteiger partial charge in [-0.2, -0.15) is 9.29 Å². The third kappa shape index (κ3) is 4.22. The van der Waals surface area contributed by atoms with E-state index in [-0.39, 0.29) is 0 Å². The van der Waals surface area contributed by atoms with E-state index in [0.29, 0.717) is 42.5 Å². The van der Waals surface area contributed by atoms with Crippen LogP contribution < -0.4 is 0 Å². The van der Waals surface area contributed by atoms with E-state index >= 15 is 0 Å². The zero-order chi connectivity index (χ0) is 20.6. The van der Waals surface area contributed by atoms with Gasteiger partial charge in [0.1, 0.15) is 0 Å². The van der Waals surface area contributed by atoms with Crippen molar-refractivity contribution >= 4 is 33.6 Å². The number of aromatic amines is 1. The Bertz CT molecular complexity index is 1160. The van der Waals surface area contributed by atoms with Gasteiger partial charge in [-0.1, -0.05) is 23.8 Å². The number of hydrogen-bond acceptors (Lipinski definition) is 6. The van der Waals surface area contributed by atoms with Crippen LogP contribution in [0.1, 0.15) is 11.1 Å². The Morgan fingerprint density at radius 3 is 2.59 bits per heavy atom.